The van der Waals surface area contributed by atoms with Crippen LogP contribution in [0, 0.1) is 20.8 Å². The lowest BCUT2D eigenvalue weighted by molar-refractivity contribution is -0.155. The molecule has 1 aromatic rings. The number of phenols is 1. The third-order valence-electron chi connectivity index (χ3n) is 7.64. The highest BCUT2D eigenvalue weighted by atomic mass is 16.5. The molecule has 0 aliphatic carbocycles. The predicted octanol–water partition coefficient (Wildman–Crippen LogP) is 8.59. The van der Waals surface area contributed by atoms with E-state index in [1.165, 1.54) is 64.2 Å². The van der Waals surface area contributed by atoms with Gasteiger partial charge in [-0.2, -0.15) is 0 Å². The van der Waals surface area contributed by atoms with E-state index >= 15 is 0 Å². The summed E-state index contributed by atoms with van der Waals surface area (Å²) in [5.41, 5.74) is 2.11. The lowest BCUT2D eigenvalue weighted by Gasteiger charge is -2.34. The van der Waals surface area contributed by atoms with Crippen molar-refractivity contribution in [2.24, 2.45) is 0 Å². The maximum atomic E-state index is 11.3. The molecule has 1 aliphatic rings. The van der Waals surface area contributed by atoms with Crippen LogP contribution >= 0.6 is 0 Å². The Kier molecular flexibility index (Phi) is 15.8. The average molecular weight is 533 g/mol. The second-order valence-electron chi connectivity index (χ2n) is 10.9. The van der Waals surface area contributed by atoms with Crippen molar-refractivity contribution in [2.75, 3.05) is 0 Å². The van der Waals surface area contributed by atoms with Gasteiger partial charge < -0.3 is 20.1 Å². The van der Waals surface area contributed by atoms with Crippen LogP contribution in [0.3, 0.4) is 0 Å². The normalized spacial score (nSPS) is 16.4. The second-order valence-corrected chi connectivity index (χ2v) is 10.9. The minimum absolute atomic E-state index is 0.286. The summed E-state index contributed by atoms with van der Waals surface area (Å²) in [5, 5.41) is 27.8. The molecule has 1 heterocycles. The van der Waals surface area contributed by atoms with Crippen LogP contribution in [0.2, 0.25) is 0 Å². The number of phenolic OH excluding ortho intramolecular Hbond substituents is 1. The van der Waals surface area contributed by atoms with Crippen molar-refractivity contribution in [2.45, 2.75) is 143 Å². The van der Waals surface area contributed by atoms with E-state index in [2.05, 4.69) is 19.1 Å². The summed E-state index contributed by atoms with van der Waals surface area (Å²) in [5.74, 6) is -0.696. The van der Waals surface area contributed by atoms with Crippen molar-refractivity contribution in [3.05, 3.63) is 34.4 Å². The number of unbranched alkanes of at least 4 members (excludes halogenated alkanes) is 11. The molecule has 0 fully saturated rings. The fourth-order valence-electron chi connectivity index (χ4n) is 4.81. The number of carbonyl (C=O) groups is 2. The molecule has 6 nitrogen and oxygen atoms in total. The second kappa shape index (κ2) is 17.9. The summed E-state index contributed by atoms with van der Waals surface area (Å²) < 4.78 is 5.72. The van der Waals surface area contributed by atoms with Crippen molar-refractivity contribution in [1.29, 1.82) is 0 Å². The monoisotopic (exact) mass is 532 g/mol. The molecular formula is C32H52O6. The van der Waals surface area contributed by atoms with Gasteiger partial charge in [-0.15, -0.1) is 0 Å². The van der Waals surface area contributed by atoms with Gasteiger partial charge in [0, 0.05) is 18.4 Å². The number of aromatic hydroxyl groups is 1. The molecule has 0 spiro atoms. The van der Waals surface area contributed by atoms with E-state index in [-0.39, 0.29) is 5.75 Å². The molecule has 1 aromatic carbocycles. The van der Waals surface area contributed by atoms with Crippen LogP contribution in [0.5, 0.6) is 11.5 Å². The predicted molar refractivity (Wildman–Crippen MR) is 154 cm³/mol. The molecular weight excluding hydrogens is 480 g/mol. The molecule has 0 saturated heterocycles. The molecule has 0 radical (unpaired) electrons. The van der Waals surface area contributed by atoms with Gasteiger partial charge in [-0.3, -0.25) is 4.79 Å². The van der Waals surface area contributed by atoms with E-state index in [0.717, 1.165) is 41.5 Å². The molecule has 1 aliphatic heterocycles. The molecule has 216 valence electrons. The van der Waals surface area contributed by atoms with E-state index in [4.69, 9.17) is 9.84 Å². The summed E-state index contributed by atoms with van der Waals surface area (Å²) in [6.07, 6.45) is 22.3. The van der Waals surface area contributed by atoms with Gasteiger partial charge in [-0.1, -0.05) is 76.9 Å². The molecule has 1 unspecified atom stereocenters. The summed E-state index contributed by atoms with van der Waals surface area (Å²) in [4.78, 5) is 21.6. The molecule has 3 N–H and O–H groups in total. The highest BCUT2D eigenvalue weighted by molar-refractivity contribution is 5.78. The Morgan fingerprint density at radius 3 is 1.84 bits per heavy atom. The first kappa shape index (κ1) is 33.5. The highest BCUT2D eigenvalue weighted by Crippen LogP contribution is 2.43. The summed E-state index contributed by atoms with van der Waals surface area (Å²) in [6, 6.07) is 0. The Labute approximate surface area is 230 Å². The minimum Gasteiger partial charge on any atom is -0.507 e. The van der Waals surface area contributed by atoms with E-state index in [1.54, 1.807) is 6.92 Å². The zero-order valence-corrected chi connectivity index (χ0v) is 24.5. The van der Waals surface area contributed by atoms with E-state index in [0.29, 0.717) is 25.0 Å². The van der Waals surface area contributed by atoms with Crippen LogP contribution in [0.4, 0.5) is 0 Å². The first-order chi connectivity index (χ1) is 18.0. The molecule has 0 bridgehead atoms. The van der Waals surface area contributed by atoms with Gasteiger partial charge in [-0.05, 0) is 76.5 Å². The summed E-state index contributed by atoms with van der Waals surface area (Å²) >= 11 is 0. The van der Waals surface area contributed by atoms with Crippen molar-refractivity contribution < 1.29 is 29.6 Å². The van der Waals surface area contributed by atoms with E-state index in [1.807, 2.05) is 20.8 Å². The summed E-state index contributed by atoms with van der Waals surface area (Å²) in [7, 11) is 0. The first-order valence-corrected chi connectivity index (χ1v) is 14.7. The van der Waals surface area contributed by atoms with Gasteiger partial charge >= 0.3 is 11.9 Å². The number of carboxylic acid groups (broad SMARTS) is 2. The fraction of sp³-hybridized carbons (Fsp3) is 0.688. The molecule has 38 heavy (non-hydrogen) atoms. The Balaban J connectivity index is 0.000000381. The van der Waals surface area contributed by atoms with Gasteiger partial charge in [0.05, 0.1) is 0 Å². The van der Waals surface area contributed by atoms with Crippen molar-refractivity contribution in [3.63, 3.8) is 0 Å². The lowest BCUT2D eigenvalue weighted by Crippen LogP contribution is -2.44. The van der Waals surface area contributed by atoms with Crippen molar-refractivity contribution in [3.8, 4) is 11.5 Å². The molecule has 1 atom stereocenters. The molecule has 0 saturated carbocycles. The zero-order chi connectivity index (χ0) is 28.6. The van der Waals surface area contributed by atoms with Crippen LogP contribution < -0.4 is 4.74 Å². The van der Waals surface area contributed by atoms with Gasteiger partial charge in [0.15, 0.2) is 0 Å². The third kappa shape index (κ3) is 11.5. The number of fused-ring (bicyclic) bond motifs is 1. The third-order valence-corrected chi connectivity index (χ3v) is 7.64. The van der Waals surface area contributed by atoms with Crippen molar-refractivity contribution in [1.82, 2.24) is 0 Å². The van der Waals surface area contributed by atoms with E-state index < -0.39 is 17.5 Å². The Morgan fingerprint density at radius 1 is 0.816 bits per heavy atom. The maximum Gasteiger partial charge on any atom is 0.347 e. The number of ether oxygens (including phenoxy) is 1. The topological polar surface area (TPSA) is 104 Å². The molecule has 0 aromatic heterocycles. The Hall–Kier alpha value is -2.50. The molecule has 2 rings (SSSR count). The average Bonchev–Trinajstić information content (AvgIpc) is 2.88. The van der Waals surface area contributed by atoms with E-state index in [9.17, 15) is 19.8 Å². The number of allylic oxidation sites excluding steroid dienone is 2. The number of benzene rings is 1. The minimum atomic E-state index is -1.17. The van der Waals surface area contributed by atoms with Crippen LogP contribution in [-0.2, 0) is 16.0 Å². The van der Waals surface area contributed by atoms with Gasteiger partial charge in [-0.25, -0.2) is 4.79 Å². The lowest BCUT2D eigenvalue weighted by atomic mass is 9.87. The maximum absolute atomic E-state index is 11.3. The smallest absolute Gasteiger partial charge is 0.347 e. The van der Waals surface area contributed by atoms with Crippen LogP contribution in [0.25, 0.3) is 0 Å². The van der Waals surface area contributed by atoms with Crippen LogP contribution in [-0.4, -0.2) is 32.9 Å². The largest absolute Gasteiger partial charge is 0.507 e. The first-order valence-electron chi connectivity index (χ1n) is 14.7. The van der Waals surface area contributed by atoms with Gasteiger partial charge in [0.2, 0.25) is 5.60 Å². The number of aliphatic carboxylic acids is 2. The quantitative estimate of drug-likeness (QED) is 0.145. The van der Waals surface area contributed by atoms with Crippen LogP contribution in [0.1, 0.15) is 132 Å². The highest BCUT2D eigenvalue weighted by Gasteiger charge is 2.40. The Bertz CT molecular complexity index is 904. The summed E-state index contributed by atoms with van der Waals surface area (Å²) in [6.45, 7) is 9.28. The Morgan fingerprint density at radius 2 is 1.34 bits per heavy atom. The zero-order valence-electron chi connectivity index (χ0n) is 24.5. The standard InChI is InChI=1S/C18H34O2.C14H18O4/c1-2-3-4-5-6-7-8-9-10-11-12-13-14-15-16-17-18(19)20;1-7-8(2)12-10(9(3)11(7)15)5-6-14(4,18-12)13(16)17/h3-4H,2,5-17H2,1H3,(H,19,20);15H,5-6H2,1-4H3,(H,16,17). The molecule has 0 amide bonds. The van der Waals surface area contributed by atoms with Gasteiger partial charge in [0.25, 0.3) is 0 Å². The fourth-order valence-corrected chi connectivity index (χ4v) is 4.81. The van der Waals surface area contributed by atoms with Crippen LogP contribution in [0.15, 0.2) is 12.2 Å². The van der Waals surface area contributed by atoms with Gasteiger partial charge in [0.1, 0.15) is 11.5 Å². The number of rotatable bonds is 16. The molecule has 6 heteroatoms. The SMILES string of the molecule is CCC=CCCCCCCCCCCCCCC(=O)O.Cc1c(C)c2c(c(C)c1O)CCC(C)(C(=O)O)O2. The van der Waals surface area contributed by atoms with Crippen molar-refractivity contribution >= 4 is 11.9 Å². The number of hydrogen-bond donors (Lipinski definition) is 3. The number of carboxylic acids is 2. The number of hydrogen-bond acceptors (Lipinski definition) is 4.